The van der Waals surface area contributed by atoms with Crippen molar-refractivity contribution in [2.24, 2.45) is 0 Å². The van der Waals surface area contributed by atoms with Crippen LogP contribution in [0.3, 0.4) is 0 Å². The number of ether oxygens (including phenoxy) is 6. The summed E-state index contributed by atoms with van der Waals surface area (Å²) in [7, 11) is 0. The van der Waals surface area contributed by atoms with E-state index in [1.807, 2.05) is 25.1 Å². The number of hydrogen-bond acceptors (Lipinski definition) is 7. The zero-order chi connectivity index (χ0) is 22.2. The molecule has 0 bridgehead atoms. The maximum absolute atomic E-state index is 12.2. The minimum absolute atomic E-state index is 0.162. The largest absolute Gasteiger partial charge is 0.487 e. The summed E-state index contributed by atoms with van der Waals surface area (Å²) in [6.45, 7) is 7.87. The van der Waals surface area contributed by atoms with Crippen LogP contribution in [0, 0.1) is 0 Å². The van der Waals surface area contributed by atoms with Crippen molar-refractivity contribution in [2.45, 2.75) is 58.5 Å². The SMILES string of the molecule is CCCCCCCC(=O)O[C@H](C)c1ccc2c(c1)OCCOCCOCCOCCO2. The van der Waals surface area contributed by atoms with Gasteiger partial charge in [-0.25, -0.2) is 0 Å². The summed E-state index contributed by atoms with van der Waals surface area (Å²) in [6, 6.07) is 5.62. The lowest BCUT2D eigenvalue weighted by atomic mass is 10.1. The molecule has 0 amide bonds. The van der Waals surface area contributed by atoms with Crippen molar-refractivity contribution in [1.82, 2.24) is 0 Å². The van der Waals surface area contributed by atoms with E-state index in [1.165, 1.54) is 19.3 Å². The number of fused-ring (bicyclic) bond motifs is 1. The van der Waals surface area contributed by atoms with Crippen LogP contribution in [-0.2, 0) is 23.7 Å². The highest BCUT2D eigenvalue weighted by molar-refractivity contribution is 5.69. The van der Waals surface area contributed by atoms with Crippen molar-refractivity contribution >= 4 is 5.97 Å². The second-order valence-corrected chi connectivity index (χ2v) is 7.54. The quantitative estimate of drug-likeness (QED) is 0.438. The van der Waals surface area contributed by atoms with Gasteiger partial charge < -0.3 is 28.4 Å². The average molecular weight is 439 g/mol. The molecule has 0 fully saturated rings. The number of unbranched alkanes of at least 4 members (excludes halogenated alkanes) is 4. The van der Waals surface area contributed by atoms with Gasteiger partial charge in [0.05, 0.1) is 39.6 Å². The van der Waals surface area contributed by atoms with E-state index in [1.54, 1.807) is 0 Å². The fraction of sp³-hybridized carbons (Fsp3) is 0.708. The smallest absolute Gasteiger partial charge is 0.306 e. The minimum Gasteiger partial charge on any atom is -0.487 e. The first-order valence-corrected chi connectivity index (χ1v) is 11.5. The van der Waals surface area contributed by atoms with Crippen LogP contribution in [0.15, 0.2) is 18.2 Å². The van der Waals surface area contributed by atoms with Gasteiger partial charge in [0, 0.05) is 6.42 Å². The first kappa shape index (κ1) is 25.4. The molecule has 0 spiro atoms. The molecule has 0 aromatic heterocycles. The maximum Gasteiger partial charge on any atom is 0.306 e. The normalized spacial score (nSPS) is 17.2. The van der Waals surface area contributed by atoms with Crippen molar-refractivity contribution in [3.63, 3.8) is 0 Å². The molecule has 0 unspecified atom stereocenters. The number of rotatable bonds is 8. The zero-order valence-corrected chi connectivity index (χ0v) is 19.1. The fourth-order valence-corrected chi connectivity index (χ4v) is 3.17. The molecule has 1 aromatic rings. The highest BCUT2D eigenvalue weighted by atomic mass is 16.6. The van der Waals surface area contributed by atoms with E-state index in [2.05, 4.69) is 6.92 Å². The molecule has 1 aromatic carbocycles. The number of carbonyl (C=O) groups excluding carboxylic acids is 1. The Hall–Kier alpha value is -1.83. The highest BCUT2D eigenvalue weighted by Gasteiger charge is 2.15. The minimum atomic E-state index is -0.356. The molecule has 0 N–H and O–H groups in total. The summed E-state index contributed by atoms with van der Waals surface area (Å²) in [5, 5.41) is 0. The second-order valence-electron chi connectivity index (χ2n) is 7.54. The molecule has 176 valence electrons. The van der Waals surface area contributed by atoms with Crippen LogP contribution in [0.1, 0.15) is 64.0 Å². The second kappa shape index (κ2) is 15.9. The number of benzene rings is 1. The van der Waals surface area contributed by atoms with Gasteiger partial charge in [-0.1, -0.05) is 38.7 Å². The Morgan fingerprint density at radius 1 is 0.839 bits per heavy atom. The van der Waals surface area contributed by atoms with Gasteiger partial charge in [-0.3, -0.25) is 4.79 Å². The molecule has 1 atom stereocenters. The third-order valence-corrected chi connectivity index (χ3v) is 4.94. The topological polar surface area (TPSA) is 72.5 Å². The van der Waals surface area contributed by atoms with Crippen molar-refractivity contribution in [1.29, 1.82) is 0 Å². The van der Waals surface area contributed by atoms with Gasteiger partial charge in [0.25, 0.3) is 0 Å². The van der Waals surface area contributed by atoms with Gasteiger partial charge in [-0.2, -0.15) is 0 Å². The molecule has 0 saturated heterocycles. The van der Waals surface area contributed by atoms with Crippen LogP contribution >= 0.6 is 0 Å². The van der Waals surface area contributed by atoms with Crippen molar-refractivity contribution < 1.29 is 33.2 Å². The van der Waals surface area contributed by atoms with E-state index in [-0.39, 0.29) is 12.1 Å². The van der Waals surface area contributed by atoms with Crippen LogP contribution < -0.4 is 9.47 Å². The van der Waals surface area contributed by atoms with Gasteiger partial charge in [-0.05, 0) is 31.0 Å². The number of hydrogen-bond donors (Lipinski definition) is 0. The van der Waals surface area contributed by atoms with Crippen molar-refractivity contribution in [3.05, 3.63) is 23.8 Å². The van der Waals surface area contributed by atoms with Crippen molar-refractivity contribution in [3.8, 4) is 11.5 Å². The van der Waals surface area contributed by atoms with E-state index in [9.17, 15) is 4.79 Å². The third-order valence-electron chi connectivity index (χ3n) is 4.94. The molecule has 1 heterocycles. The first-order chi connectivity index (χ1) is 15.2. The summed E-state index contributed by atoms with van der Waals surface area (Å²) in [4.78, 5) is 12.2. The summed E-state index contributed by atoms with van der Waals surface area (Å²) < 4.78 is 33.8. The Bertz CT molecular complexity index is 620. The highest BCUT2D eigenvalue weighted by Crippen LogP contribution is 2.32. The predicted octanol–water partition coefficient (Wildman–Crippen LogP) is 4.47. The molecule has 1 aliphatic rings. The first-order valence-electron chi connectivity index (χ1n) is 11.5. The van der Waals surface area contributed by atoms with E-state index < -0.39 is 0 Å². The third kappa shape index (κ3) is 10.8. The zero-order valence-electron chi connectivity index (χ0n) is 19.1. The molecule has 0 saturated carbocycles. The summed E-state index contributed by atoms with van der Waals surface area (Å²) in [5.41, 5.74) is 0.866. The Kier molecular flexibility index (Phi) is 13.0. The van der Waals surface area contributed by atoms with Crippen LogP contribution in [0.25, 0.3) is 0 Å². The van der Waals surface area contributed by atoms with Gasteiger partial charge in [0.1, 0.15) is 19.3 Å². The summed E-state index contributed by atoms with van der Waals surface area (Å²) >= 11 is 0. The van der Waals surface area contributed by atoms with E-state index in [0.717, 1.165) is 18.4 Å². The summed E-state index contributed by atoms with van der Waals surface area (Å²) in [6.07, 6.45) is 5.62. The molecule has 7 nitrogen and oxygen atoms in total. The average Bonchev–Trinajstić information content (AvgIpc) is 2.77. The van der Waals surface area contributed by atoms with Crippen LogP contribution in [-0.4, -0.2) is 58.8 Å². The van der Waals surface area contributed by atoms with Crippen molar-refractivity contribution in [2.75, 3.05) is 52.9 Å². The molecule has 31 heavy (non-hydrogen) atoms. The van der Waals surface area contributed by atoms with Gasteiger partial charge in [-0.15, -0.1) is 0 Å². The lowest BCUT2D eigenvalue weighted by Gasteiger charge is -2.18. The van der Waals surface area contributed by atoms with Crippen LogP contribution in [0.5, 0.6) is 11.5 Å². The fourth-order valence-electron chi connectivity index (χ4n) is 3.17. The number of carbonyl (C=O) groups is 1. The standard InChI is InChI=1S/C24H38O7/c1-3-4-5-6-7-8-24(25)31-20(2)21-9-10-22-23(19-21)30-18-16-28-14-12-26-11-13-27-15-17-29-22/h9-10,19-20H,3-8,11-18H2,1-2H3/t20-/m1/s1. The Morgan fingerprint density at radius 3 is 2.06 bits per heavy atom. The summed E-state index contributed by atoms with van der Waals surface area (Å²) in [5.74, 6) is 1.08. The van der Waals surface area contributed by atoms with Gasteiger partial charge >= 0.3 is 5.97 Å². The molecular weight excluding hydrogens is 400 g/mol. The lowest BCUT2D eigenvalue weighted by molar-refractivity contribution is -0.148. The number of esters is 1. The molecular formula is C24H38O7. The Labute approximate surface area is 186 Å². The van der Waals surface area contributed by atoms with Gasteiger partial charge in [0.2, 0.25) is 0 Å². The molecule has 2 rings (SSSR count). The molecule has 1 aliphatic heterocycles. The Morgan fingerprint density at radius 2 is 1.42 bits per heavy atom. The van der Waals surface area contributed by atoms with Crippen LogP contribution in [0.2, 0.25) is 0 Å². The molecule has 0 aliphatic carbocycles. The van der Waals surface area contributed by atoms with E-state index in [0.29, 0.717) is 70.8 Å². The molecule has 7 heteroatoms. The van der Waals surface area contributed by atoms with Gasteiger partial charge in [0.15, 0.2) is 11.5 Å². The predicted molar refractivity (Wildman–Crippen MR) is 118 cm³/mol. The Balaban J connectivity index is 1.91. The maximum atomic E-state index is 12.2. The van der Waals surface area contributed by atoms with Crippen LogP contribution in [0.4, 0.5) is 0 Å². The monoisotopic (exact) mass is 438 g/mol. The van der Waals surface area contributed by atoms with E-state index in [4.69, 9.17) is 28.4 Å². The lowest BCUT2D eigenvalue weighted by Crippen LogP contribution is -2.13. The molecule has 0 radical (unpaired) electrons. The van der Waals surface area contributed by atoms with E-state index >= 15 is 0 Å².